The van der Waals surface area contributed by atoms with E-state index in [9.17, 15) is 14.4 Å². The summed E-state index contributed by atoms with van der Waals surface area (Å²) in [5.41, 5.74) is 2.25. The van der Waals surface area contributed by atoms with Crippen LogP contribution in [0.2, 0.25) is 0 Å². The van der Waals surface area contributed by atoms with Crippen LogP contribution in [0.1, 0.15) is 15.9 Å². The Morgan fingerprint density at radius 2 is 1.93 bits per heavy atom. The van der Waals surface area contributed by atoms with E-state index >= 15 is 0 Å². The molecule has 0 aliphatic carbocycles. The van der Waals surface area contributed by atoms with Crippen LogP contribution in [0.5, 0.6) is 5.75 Å². The zero-order valence-corrected chi connectivity index (χ0v) is 14.8. The van der Waals surface area contributed by atoms with E-state index in [-0.39, 0.29) is 24.5 Å². The van der Waals surface area contributed by atoms with Crippen LogP contribution in [0.3, 0.4) is 0 Å². The normalized spacial score (nSPS) is 18.1. The minimum atomic E-state index is -0.450. The van der Waals surface area contributed by atoms with Crippen LogP contribution >= 0.6 is 0 Å². The van der Waals surface area contributed by atoms with Gasteiger partial charge < -0.3 is 9.64 Å². The Kier molecular flexibility index (Phi) is 4.27. The molecule has 1 unspecified atom stereocenters. The van der Waals surface area contributed by atoms with Crippen molar-refractivity contribution in [3.8, 4) is 5.75 Å². The lowest BCUT2D eigenvalue weighted by Crippen LogP contribution is -2.36. The van der Waals surface area contributed by atoms with Crippen molar-refractivity contribution in [3.05, 3.63) is 59.7 Å². The van der Waals surface area contributed by atoms with Crippen LogP contribution in [0.4, 0.5) is 10.5 Å². The number of carbonyl (C=O) groups is 3. The summed E-state index contributed by atoms with van der Waals surface area (Å²) in [4.78, 5) is 38.7. The van der Waals surface area contributed by atoms with Crippen molar-refractivity contribution < 1.29 is 19.1 Å². The van der Waals surface area contributed by atoms with E-state index in [2.05, 4.69) is 5.32 Å². The van der Waals surface area contributed by atoms with Crippen molar-refractivity contribution in [1.29, 1.82) is 0 Å². The third kappa shape index (κ3) is 3.36. The number of nitrogens with zero attached hydrogens (tertiary/aromatic N) is 2. The van der Waals surface area contributed by atoms with Gasteiger partial charge in [-0.2, -0.15) is 0 Å². The van der Waals surface area contributed by atoms with E-state index in [0.29, 0.717) is 17.8 Å². The summed E-state index contributed by atoms with van der Waals surface area (Å²) in [6.07, 6.45) is 0.722. The molecule has 0 saturated carbocycles. The summed E-state index contributed by atoms with van der Waals surface area (Å²) in [6.45, 7) is 0.476. The zero-order chi connectivity index (χ0) is 19.0. The van der Waals surface area contributed by atoms with E-state index in [0.717, 1.165) is 17.7 Å². The number of amides is 4. The molecule has 2 aromatic carbocycles. The molecule has 1 saturated heterocycles. The van der Waals surface area contributed by atoms with Crippen LogP contribution in [0.25, 0.3) is 0 Å². The second-order valence-corrected chi connectivity index (χ2v) is 6.72. The van der Waals surface area contributed by atoms with Gasteiger partial charge in [0.05, 0.1) is 6.54 Å². The van der Waals surface area contributed by atoms with Crippen LogP contribution in [0.15, 0.2) is 48.5 Å². The molecule has 7 nitrogen and oxygen atoms in total. The fourth-order valence-corrected chi connectivity index (χ4v) is 3.40. The highest BCUT2D eigenvalue weighted by molar-refractivity contribution is 6.12. The number of fused-ring (bicyclic) bond motifs is 1. The standard InChI is InChI=1S/C20H19N3O4/c1-22(11-16-10-14-4-2-3-5-17(14)27-16)19(25)13-6-8-15(9-7-13)23-12-18(24)21-20(23)26/h2-9,16H,10-12H2,1H3,(H,21,24,26). The molecule has 0 bridgehead atoms. The largest absolute Gasteiger partial charge is 0.488 e. The first kappa shape index (κ1) is 17.1. The number of hydrogen-bond donors (Lipinski definition) is 1. The SMILES string of the molecule is CN(CC1Cc2ccccc2O1)C(=O)c1ccc(N2CC(=O)NC2=O)cc1. The molecular weight excluding hydrogens is 346 g/mol. The molecule has 1 N–H and O–H groups in total. The molecule has 2 heterocycles. The average molecular weight is 365 g/mol. The maximum absolute atomic E-state index is 12.7. The van der Waals surface area contributed by atoms with E-state index in [1.165, 1.54) is 4.90 Å². The summed E-state index contributed by atoms with van der Waals surface area (Å²) in [7, 11) is 1.75. The molecule has 0 aromatic heterocycles. The molecule has 138 valence electrons. The third-order valence-corrected chi connectivity index (χ3v) is 4.76. The van der Waals surface area contributed by atoms with Crippen LogP contribution in [-0.2, 0) is 11.2 Å². The van der Waals surface area contributed by atoms with E-state index in [1.807, 2.05) is 24.3 Å². The summed E-state index contributed by atoms with van der Waals surface area (Å²) in [5, 5.41) is 2.23. The van der Waals surface area contributed by atoms with Crippen molar-refractivity contribution in [2.24, 2.45) is 0 Å². The molecule has 0 radical (unpaired) electrons. The van der Waals surface area contributed by atoms with Crippen molar-refractivity contribution in [2.75, 3.05) is 25.0 Å². The molecule has 2 aliphatic heterocycles. The molecule has 2 aliphatic rings. The summed E-state index contributed by atoms with van der Waals surface area (Å²) in [5.74, 6) is 0.423. The fourth-order valence-electron chi connectivity index (χ4n) is 3.40. The van der Waals surface area contributed by atoms with Gasteiger partial charge in [-0.05, 0) is 35.9 Å². The van der Waals surface area contributed by atoms with Gasteiger partial charge in [0.15, 0.2) is 0 Å². The third-order valence-electron chi connectivity index (χ3n) is 4.76. The Hall–Kier alpha value is -3.35. The van der Waals surface area contributed by atoms with Gasteiger partial charge in [0.2, 0.25) is 5.91 Å². The monoisotopic (exact) mass is 365 g/mol. The number of likely N-dealkylation sites (N-methyl/N-ethyl adjacent to an activating group) is 1. The molecule has 0 spiro atoms. The summed E-state index contributed by atoms with van der Waals surface area (Å²) >= 11 is 0. The highest BCUT2D eigenvalue weighted by Crippen LogP contribution is 2.28. The predicted molar refractivity (Wildman–Crippen MR) is 98.8 cm³/mol. The molecule has 7 heteroatoms. The number of hydrogen-bond acceptors (Lipinski definition) is 4. The second-order valence-electron chi connectivity index (χ2n) is 6.72. The van der Waals surface area contributed by atoms with Gasteiger partial charge in [0.25, 0.3) is 5.91 Å². The van der Waals surface area contributed by atoms with Gasteiger partial charge in [-0.1, -0.05) is 18.2 Å². The molecule has 4 amide bonds. The minimum absolute atomic E-state index is 0.00833. The van der Waals surface area contributed by atoms with Gasteiger partial charge >= 0.3 is 6.03 Å². The van der Waals surface area contributed by atoms with Crippen molar-refractivity contribution in [3.63, 3.8) is 0 Å². The molecule has 27 heavy (non-hydrogen) atoms. The first-order chi connectivity index (χ1) is 13.0. The number of urea groups is 1. The number of carbonyl (C=O) groups excluding carboxylic acids is 3. The van der Waals surface area contributed by atoms with Gasteiger partial charge in [-0.3, -0.25) is 19.8 Å². The van der Waals surface area contributed by atoms with E-state index in [1.54, 1.807) is 36.2 Å². The van der Waals surface area contributed by atoms with E-state index in [4.69, 9.17) is 4.74 Å². The summed E-state index contributed by atoms with van der Waals surface area (Å²) < 4.78 is 5.90. The number of nitrogens with one attached hydrogen (secondary N) is 1. The minimum Gasteiger partial charge on any atom is -0.488 e. The molecule has 1 fully saturated rings. The molecule has 4 rings (SSSR count). The first-order valence-corrected chi connectivity index (χ1v) is 8.73. The van der Waals surface area contributed by atoms with Crippen molar-refractivity contribution in [1.82, 2.24) is 10.2 Å². The first-order valence-electron chi connectivity index (χ1n) is 8.73. The molecule has 1 atom stereocenters. The lowest BCUT2D eigenvalue weighted by Gasteiger charge is -2.21. The van der Waals surface area contributed by atoms with Gasteiger partial charge in [-0.15, -0.1) is 0 Å². The van der Waals surface area contributed by atoms with Crippen molar-refractivity contribution in [2.45, 2.75) is 12.5 Å². The second kappa shape index (κ2) is 6.75. The maximum Gasteiger partial charge on any atom is 0.329 e. The van der Waals surface area contributed by atoms with Crippen LogP contribution in [-0.4, -0.2) is 49.0 Å². The Morgan fingerprint density at radius 1 is 1.19 bits per heavy atom. The lowest BCUT2D eigenvalue weighted by molar-refractivity contribution is -0.117. The average Bonchev–Trinajstić information content (AvgIpc) is 3.22. The number of anilines is 1. The fraction of sp³-hybridized carbons (Fsp3) is 0.250. The molecular formula is C20H19N3O4. The van der Waals surface area contributed by atoms with Crippen LogP contribution in [0, 0.1) is 0 Å². The number of rotatable bonds is 4. The zero-order valence-electron chi connectivity index (χ0n) is 14.8. The summed E-state index contributed by atoms with van der Waals surface area (Å²) in [6, 6.07) is 14.1. The highest BCUT2D eigenvalue weighted by atomic mass is 16.5. The predicted octanol–water partition coefficient (Wildman–Crippen LogP) is 1.82. The van der Waals surface area contributed by atoms with E-state index < -0.39 is 6.03 Å². The van der Waals surface area contributed by atoms with Gasteiger partial charge in [0, 0.05) is 24.7 Å². The highest BCUT2D eigenvalue weighted by Gasteiger charge is 2.28. The Morgan fingerprint density at radius 3 is 2.59 bits per heavy atom. The smallest absolute Gasteiger partial charge is 0.329 e. The number of para-hydroxylation sites is 1. The van der Waals surface area contributed by atoms with Crippen molar-refractivity contribution >= 4 is 23.5 Å². The number of benzene rings is 2. The Labute approximate surface area is 156 Å². The molecule has 2 aromatic rings. The Balaban J connectivity index is 1.39. The quantitative estimate of drug-likeness (QED) is 0.839. The number of ether oxygens (including phenoxy) is 1. The van der Waals surface area contributed by atoms with Gasteiger partial charge in [-0.25, -0.2) is 4.79 Å². The topological polar surface area (TPSA) is 79.0 Å². The van der Waals surface area contributed by atoms with Crippen LogP contribution < -0.4 is 15.0 Å². The maximum atomic E-state index is 12.7. The lowest BCUT2D eigenvalue weighted by atomic mass is 10.1. The van der Waals surface area contributed by atoms with Gasteiger partial charge in [0.1, 0.15) is 18.4 Å². The Bertz CT molecular complexity index is 885. The number of imide groups is 1.